The summed E-state index contributed by atoms with van der Waals surface area (Å²) in [5.74, 6) is 0. The van der Waals surface area contributed by atoms with Gasteiger partial charge in [0.05, 0.1) is 4.90 Å². The van der Waals surface area contributed by atoms with Gasteiger partial charge < -0.3 is 4.98 Å². The molecule has 2 heterocycles. The first-order valence-electron chi connectivity index (χ1n) is 9.33. The zero-order chi connectivity index (χ0) is 19.7. The van der Waals surface area contributed by atoms with Crippen LogP contribution in [-0.4, -0.2) is 48.8 Å². The monoisotopic (exact) mass is 397 g/mol. The molecule has 0 amide bonds. The van der Waals surface area contributed by atoms with Crippen LogP contribution in [0.3, 0.4) is 0 Å². The fraction of sp³-hybridized carbons (Fsp3) is 0.286. The number of rotatable bonds is 4. The lowest BCUT2D eigenvalue weighted by atomic mass is 10.1. The zero-order valence-electron chi connectivity index (χ0n) is 15.8. The van der Waals surface area contributed by atoms with Crippen LogP contribution >= 0.6 is 0 Å². The Labute approximate surface area is 164 Å². The van der Waals surface area contributed by atoms with Crippen LogP contribution in [0.2, 0.25) is 0 Å². The number of nitrogens with zero attached hydrogens (tertiary/aromatic N) is 2. The van der Waals surface area contributed by atoms with Gasteiger partial charge in [-0.25, -0.2) is 8.42 Å². The van der Waals surface area contributed by atoms with E-state index in [0.717, 1.165) is 16.5 Å². The molecule has 28 heavy (non-hydrogen) atoms. The molecule has 7 heteroatoms. The predicted octanol–water partition coefficient (Wildman–Crippen LogP) is 2.34. The van der Waals surface area contributed by atoms with Gasteiger partial charge in [-0.05, 0) is 42.1 Å². The molecule has 0 bridgehead atoms. The van der Waals surface area contributed by atoms with E-state index in [0.29, 0.717) is 43.2 Å². The molecule has 1 aromatic heterocycles. The molecule has 3 aromatic rings. The molecular formula is C21H23N3O3S. The summed E-state index contributed by atoms with van der Waals surface area (Å²) in [5, 5.41) is 0.998. The Hall–Kier alpha value is -2.48. The second kappa shape index (κ2) is 7.50. The smallest absolute Gasteiger partial charge is 0.252 e. The van der Waals surface area contributed by atoms with Crippen LogP contribution in [0, 0.1) is 6.92 Å². The van der Waals surface area contributed by atoms with Gasteiger partial charge in [0.25, 0.3) is 5.56 Å². The van der Waals surface area contributed by atoms with Crippen LogP contribution in [0.15, 0.2) is 64.3 Å². The minimum absolute atomic E-state index is 0.0893. The van der Waals surface area contributed by atoms with Gasteiger partial charge in [-0.15, -0.1) is 0 Å². The highest BCUT2D eigenvalue weighted by Gasteiger charge is 2.28. The molecule has 1 N–H and O–H groups in total. The fourth-order valence-electron chi connectivity index (χ4n) is 3.60. The molecule has 0 aliphatic carbocycles. The van der Waals surface area contributed by atoms with Gasteiger partial charge in [0.15, 0.2) is 0 Å². The van der Waals surface area contributed by atoms with Crippen molar-refractivity contribution in [3.63, 3.8) is 0 Å². The fourth-order valence-corrected chi connectivity index (χ4v) is 5.13. The van der Waals surface area contributed by atoms with E-state index in [4.69, 9.17) is 0 Å². The molecule has 0 unspecified atom stereocenters. The van der Waals surface area contributed by atoms with Crippen molar-refractivity contribution in [3.8, 4) is 0 Å². The number of para-hydroxylation sites is 1. The number of aromatic nitrogens is 1. The maximum absolute atomic E-state index is 12.9. The molecule has 4 rings (SSSR count). The summed E-state index contributed by atoms with van der Waals surface area (Å²) in [7, 11) is -3.48. The van der Waals surface area contributed by atoms with Crippen molar-refractivity contribution in [1.82, 2.24) is 14.2 Å². The summed E-state index contributed by atoms with van der Waals surface area (Å²) in [6, 6.07) is 16.6. The number of hydrogen-bond acceptors (Lipinski definition) is 4. The third kappa shape index (κ3) is 3.73. The standard InChI is InChI=1S/C21H23N3O3S/c1-16-5-4-7-19(13-16)28(26,27)24-11-9-23(10-12-24)15-18-14-17-6-2-3-8-20(17)22-21(18)25/h2-8,13-14H,9-12,15H2,1H3,(H,22,25). The number of pyridine rings is 1. The van der Waals surface area contributed by atoms with E-state index in [2.05, 4.69) is 9.88 Å². The maximum Gasteiger partial charge on any atom is 0.252 e. The number of aromatic amines is 1. The summed E-state index contributed by atoms with van der Waals surface area (Å²) >= 11 is 0. The van der Waals surface area contributed by atoms with Crippen LogP contribution in [0.1, 0.15) is 11.1 Å². The average Bonchev–Trinajstić information content (AvgIpc) is 2.69. The Balaban J connectivity index is 1.46. The summed E-state index contributed by atoms with van der Waals surface area (Å²) in [4.78, 5) is 17.7. The molecule has 0 atom stereocenters. The van der Waals surface area contributed by atoms with Gasteiger partial charge in [-0.1, -0.05) is 30.3 Å². The van der Waals surface area contributed by atoms with Crippen molar-refractivity contribution < 1.29 is 8.42 Å². The lowest BCUT2D eigenvalue weighted by molar-refractivity contribution is 0.181. The van der Waals surface area contributed by atoms with E-state index in [-0.39, 0.29) is 5.56 Å². The minimum Gasteiger partial charge on any atom is -0.322 e. The summed E-state index contributed by atoms with van der Waals surface area (Å²) < 4.78 is 27.2. The highest BCUT2D eigenvalue weighted by Crippen LogP contribution is 2.19. The third-order valence-corrected chi connectivity index (χ3v) is 7.08. The Kier molecular flexibility index (Phi) is 5.05. The molecule has 0 radical (unpaired) electrons. The topological polar surface area (TPSA) is 73.5 Å². The second-order valence-corrected chi connectivity index (χ2v) is 9.15. The van der Waals surface area contributed by atoms with Crippen LogP contribution in [-0.2, 0) is 16.6 Å². The Bertz CT molecular complexity index is 1160. The van der Waals surface area contributed by atoms with E-state index in [1.807, 2.05) is 43.3 Å². The molecule has 1 saturated heterocycles. The largest absolute Gasteiger partial charge is 0.322 e. The predicted molar refractivity (Wildman–Crippen MR) is 110 cm³/mol. The van der Waals surface area contributed by atoms with Gasteiger partial charge in [-0.2, -0.15) is 4.31 Å². The van der Waals surface area contributed by atoms with Gasteiger partial charge in [-0.3, -0.25) is 9.69 Å². The molecule has 0 spiro atoms. The van der Waals surface area contributed by atoms with Crippen molar-refractivity contribution in [3.05, 3.63) is 76.1 Å². The van der Waals surface area contributed by atoms with Crippen LogP contribution in [0.25, 0.3) is 10.9 Å². The lowest BCUT2D eigenvalue weighted by Gasteiger charge is -2.33. The average molecular weight is 398 g/mol. The number of fused-ring (bicyclic) bond motifs is 1. The first kappa shape index (κ1) is 18.9. The third-order valence-electron chi connectivity index (χ3n) is 5.18. The lowest BCUT2D eigenvalue weighted by Crippen LogP contribution is -2.48. The molecule has 1 aliphatic heterocycles. The number of H-pyrrole nitrogens is 1. The summed E-state index contributed by atoms with van der Waals surface area (Å²) in [5.41, 5.74) is 2.36. The highest BCUT2D eigenvalue weighted by molar-refractivity contribution is 7.89. The Morgan fingerprint density at radius 2 is 1.71 bits per heavy atom. The molecule has 1 fully saturated rings. The summed E-state index contributed by atoms with van der Waals surface area (Å²) in [6.45, 7) is 4.43. The van der Waals surface area contributed by atoms with Crippen LogP contribution in [0.5, 0.6) is 0 Å². The molecule has 2 aromatic carbocycles. The minimum atomic E-state index is -3.48. The Morgan fingerprint density at radius 3 is 2.46 bits per heavy atom. The first-order chi connectivity index (χ1) is 13.4. The van der Waals surface area contributed by atoms with E-state index < -0.39 is 10.0 Å². The van der Waals surface area contributed by atoms with Crippen LogP contribution in [0.4, 0.5) is 0 Å². The van der Waals surface area contributed by atoms with Crippen molar-refractivity contribution in [1.29, 1.82) is 0 Å². The quantitative estimate of drug-likeness (QED) is 0.733. The molecule has 146 valence electrons. The number of hydrogen-bond donors (Lipinski definition) is 1. The van der Waals surface area contributed by atoms with E-state index in [1.54, 1.807) is 18.2 Å². The normalized spacial score (nSPS) is 16.5. The number of piperazine rings is 1. The van der Waals surface area contributed by atoms with Gasteiger partial charge >= 0.3 is 0 Å². The molecular weight excluding hydrogens is 374 g/mol. The molecule has 6 nitrogen and oxygen atoms in total. The maximum atomic E-state index is 12.9. The van der Waals surface area contributed by atoms with E-state index in [1.165, 1.54) is 4.31 Å². The number of sulfonamides is 1. The van der Waals surface area contributed by atoms with Crippen molar-refractivity contribution in [2.24, 2.45) is 0 Å². The van der Waals surface area contributed by atoms with Gasteiger partial charge in [0.2, 0.25) is 10.0 Å². The van der Waals surface area contributed by atoms with Crippen molar-refractivity contribution in [2.45, 2.75) is 18.4 Å². The first-order valence-corrected chi connectivity index (χ1v) is 10.8. The van der Waals surface area contributed by atoms with Crippen LogP contribution < -0.4 is 5.56 Å². The number of aryl methyl sites for hydroxylation is 1. The summed E-state index contributed by atoms with van der Waals surface area (Å²) in [6.07, 6.45) is 0. The number of nitrogens with one attached hydrogen (secondary N) is 1. The van der Waals surface area contributed by atoms with Crippen molar-refractivity contribution in [2.75, 3.05) is 26.2 Å². The van der Waals surface area contributed by atoms with E-state index in [9.17, 15) is 13.2 Å². The molecule has 0 saturated carbocycles. The second-order valence-electron chi connectivity index (χ2n) is 7.21. The van der Waals surface area contributed by atoms with Crippen molar-refractivity contribution >= 4 is 20.9 Å². The zero-order valence-corrected chi connectivity index (χ0v) is 16.6. The molecule has 1 aliphatic rings. The number of benzene rings is 2. The Morgan fingerprint density at radius 1 is 0.964 bits per heavy atom. The highest BCUT2D eigenvalue weighted by atomic mass is 32.2. The van der Waals surface area contributed by atoms with Gasteiger partial charge in [0.1, 0.15) is 0 Å². The van der Waals surface area contributed by atoms with Gasteiger partial charge in [0, 0.05) is 43.8 Å². The van der Waals surface area contributed by atoms with E-state index >= 15 is 0 Å². The SMILES string of the molecule is Cc1cccc(S(=O)(=O)N2CCN(Cc3cc4ccccc4[nH]c3=O)CC2)c1.